The molecule has 0 aliphatic heterocycles. The van der Waals surface area contributed by atoms with Crippen molar-refractivity contribution in [1.29, 1.82) is 0 Å². The molecule has 0 amide bonds. The van der Waals surface area contributed by atoms with Crippen molar-refractivity contribution < 1.29 is 4.79 Å². The number of fused-ring (bicyclic) bond motifs is 1. The van der Waals surface area contributed by atoms with E-state index < -0.39 is 0 Å². The fourth-order valence-corrected chi connectivity index (χ4v) is 1.51. The van der Waals surface area contributed by atoms with Crippen LogP contribution < -0.4 is 10.6 Å². The van der Waals surface area contributed by atoms with Crippen LogP contribution in [0.1, 0.15) is 17.4 Å². The fraction of sp³-hybridized carbons (Fsp3) is 0.182. The van der Waals surface area contributed by atoms with Crippen LogP contribution >= 0.6 is 0 Å². The minimum absolute atomic E-state index is 0.424. The molecule has 0 spiro atoms. The molecule has 2 rings (SSSR count). The summed E-state index contributed by atoms with van der Waals surface area (Å²) >= 11 is 0. The van der Waals surface area contributed by atoms with E-state index in [2.05, 4.69) is 24.1 Å². The number of nitrogens with one attached hydrogen (secondary N) is 1. The summed E-state index contributed by atoms with van der Waals surface area (Å²) in [5, 5.41) is 2.13. The SMILES string of the molecule is CC1C=CC=c2[nH]c(C=O)cc2=C1. The summed E-state index contributed by atoms with van der Waals surface area (Å²) in [6, 6.07) is 1.88. The van der Waals surface area contributed by atoms with Crippen LogP contribution in [0.25, 0.3) is 12.2 Å². The van der Waals surface area contributed by atoms with Crippen LogP contribution in [-0.2, 0) is 0 Å². The highest BCUT2D eigenvalue weighted by Gasteiger charge is 1.98. The number of hydrogen-bond donors (Lipinski definition) is 1. The molecule has 1 heterocycles. The zero-order valence-electron chi connectivity index (χ0n) is 7.45. The van der Waals surface area contributed by atoms with E-state index in [1.165, 1.54) is 0 Å². The van der Waals surface area contributed by atoms with Crippen LogP contribution in [0, 0.1) is 5.92 Å². The summed E-state index contributed by atoms with van der Waals surface area (Å²) < 4.78 is 0. The van der Waals surface area contributed by atoms with Gasteiger partial charge in [-0.15, -0.1) is 0 Å². The monoisotopic (exact) mass is 173 g/mol. The predicted molar refractivity (Wildman–Crippen MR) is 52.7 cm³/mol. The second kappa shape index (κ2) is 3.05. The van der Waals surface area contributed by atoms with Crippen LogP contribution in [0.3, 0.4) is 0 Å². The van der Waals surface area contributed by atoms with Crippen molar-refractivity contribution in [2.24, 2.45) is 5.92 Å². The quantitative estimate of drug-likeness (QED) is 0.619. The van der Waals surface area contributed by atoms with Gasteiger partial charge in [-0.25, -0.2) is 0 Å². The van der Waals surface area contributed by atoms with E-state index in [1.54, 1.807) is 0 Å². The Balaban J connectivity index is 2.71. The molecule has 1 N–H and O–H groups in total. The van der Waals surface area contributed by atoms with Gasteiger partial charge in [0.25, 0.3) is 0 Å². The standard InChI is InChI=1S/C11H11NO/c1-8-3-2-4-11-9(5-8)6-10(7-13)12-11/h2-8,12H,1H3. The maximum absolute atomic E-state index is 10.5. The summed E-state index contributed by atoms with van der Waals surface area (Å²) in [7, 11) is 0. The van der Waals surface area contributed by atoms with Crippen LogP contribution in [0.2, 0.25) is 0 Å². The van der Waals surface area contributed by atoms with Crippen molar-refractivity contribution in [3.05, 3.63) is 34.5 Å². The number of carbonyl (C=O) groups excluding carboxylic acids is 1. The van der Waals surface area contributed by atoms with Crippen LogP contribution in [0.15, 0.2) is 18.2 Å². The Morgan fingerprint density at radius 2 is 2.38 bits per heavy atom. The zero-order chi connectivity index (χ0) is 9.26. The number of aromatic nitrogens is 1. The number of aromatic amines is 1. The molecule has 0 saturated heterocycles. The van der Waals surface area contributed by atoms with Gasteiger partial charge < -0.3 is 4.98 Å². The third-order valence-corrected chi connectivity index (χ3v) is 2.15. The third kappa shape index (κ3) is 1.47. The molecule has 1 aromatic rings. The molecule has 1 aliphatic rings. The molecule has 1 aliphatic carbocycles. The number of allylic oxidation sites excluding steroid dienone is 2. The Hall–Kier alpha value is -1.57. The maximum Gasteiger partial charge on any atom is 0.166 e. The van der Waals surface area contributed by atoms with Gasteiger partial charge in [0, 0.05) is 5.35 Å². The topological polar surface area (TPSA) is 32.9 Å². The Morgan fingerprint density at radius 3 is 3.15 bits per heavy atom. The molecule has 0 aromatic carbocycles. The lowest BCUT2D eigenvalue weighted by atomic mass is 10.1. The second-order valence-corrected chi connectivity index (χ2v) is 3.29. The molecule has 1 atom stereocenters. The van der Waals surface area contributed by atoms with E-state index in [0.29, 0.717) is 11.6 Å². The molecule has 0 radical (unpaired) electrons. The molecule has 66 valence electrons. The summed E-state index contributed by atoms with van der Waals surface area (Å²) in [5.41, 5.74) is 0.639. The normalized spacial score (nSPS) is 19.6. The largest absolute Gasteiger partial charge is 0.352 e. The Labute approximate surface area is 76.3 Å². The van der Waals surface area contributed by atoms with E-state index in [-0.39, 0.29) is 0 Å². The summed E-state index contributed by atoms with van der Waals surface area (Å²) in [6.45, 7) is 2.12. The van der Waals surface area contributed by atoms with Crippen molar-refractivity contribution in [3.8, 4) is 0 Å². The molecule has 2 nitrogen and oxygen atoms in total. The number of carbonyl (C=O) groups is 1. The molecule has 0 fully saturated rings. The second-order valence-electron chi connectivity index (χ2n) is 3.29. The molecule has 13 heavy (non-hydrogen) atoms. The van der Waals surface area contributed by atoms with E-state index in [9.17, 15) is 4.79 Å². The lowest BCUT2D eigenvalue weighted by Crippen LogP contribution is -2.21. The van der Waals surface area contributed by atoms with Gasteiger partial charge in [0.2, 0.25) is 0 Å². The van der Waals surface area contributed by atoms with Crippen LogP contribution in [-0.4, -0.2) is 11.3 Å². The molecular formula is C11H11NO. The molecule has 1 aromatic heterocycles. The fourth-order valence-electron chi connectivity index (χ4n) is 1.51. The van der Waals surface area contributed by atoms with E-state index in [0.717, 1.165) is 16.9 Å². The Kier molecular flexibility index (Phi) is 1.89. The summed E-state index contributed by atoms with van der Waals surface area (Å²) in [6.07, 6.45) is 9.10. The molecule has 0 saturated carbocycles. The number of H-pyrrole nitrogens is 1. The highest BCUT2D eigenvalue weighted by molar-refractivity contribution is 5.72. The number of aldehydes is 1. The van der Waals surface area contributed by atoms with Gasteiger partial charge >= 0.3 is 0 Å². The lowest BCUT2D eigenvalue weighted by molar-refractivity contribution is 0.111. The van der Waals surface area contributed by atoms with E-state index in [1.807, 2.05) is 18.2 Å². The number of hydrogen-bond acceptors (Lipinski definition) is 1. The summed E-state index contributed by atoms with van der Waals surface area (Å²) in [5.74, 6) is 0.424. The highest BCUT2D eigenvalue weighted by atomic mass is 16.1. The van der Waals surface area contributed by atoms with Crippen LogP contribution in [0.4, 0.5) is 0 Å². The maximum atomic E-state index is 10.5. The predicted octanol–water partition coefficient (Wildman–Crippen LogP) is 0.594. The van der Waals surface area contributed by atoms with Gasteiger partial charge in [-0.1, -0.05) is 25.2 Å². The lowest BCUT2D eigenvalue weighted by Gasteiger charge is -1.91. The number of rotatable bonds is 1. The first kappa shape index (κ1) is 8.05. The Bertz CT molecular complexity index is 465. The molecular weight excluding hydrogens is 162 g/mol. The van der Waals surface area contributed by atoms with Crippen molar-refractivity contribution in [2.75, 3.05) is 0 Å². The van der Waals surface area contributed by atoms with Gasteiger partial charge in [0.1, 0.15) is 0 Å². The minimum Gasteiger partial charge on any atom is -0.352 e. The highest BCUT2D eigenvalue weighted by Crippen LogP contribution is 2.00. The average molecular weight is 173 g/mol. The summed E-state index contributed by atoms with van der Waals surface area (Å²) in [4.78, 5) is 13.6. The van der Waals surface area contributed by atoms with Crippen molar-refractivity contribution in [1.82, 2.24) is 4.98 Å². The van der Waals surface area contributed by atoms with Crippen molar-refractivity contribution in [3.63, 3.8) is 0 Å². The van der Waals surface area contributed by atoms with Gasteiger partial charge in [0.05, 0.1) is 5.69 Å². The first-order valence-electron chi connectivity index (χ1n) is 4.34. The molecule has 1 unspecified atom stereocenters. The third-order valence-electron chi connectivity index (χ3n) is 2.15. The first-order chi connectivity index (χ1) is 6.29. The average Bonchev–Trinajstić information content (AvgIpc) is 2.41. The van der Waals surface area contributed by atoms with Gasteiger partial charge in [-0.05, 0) is 23.3 Å². The Morgan fingerprint density at radius 1 is 1.54 bits per heavy atom. The first-order valence-corrected chi connectivity index (χ1v) is 4.34. The smallest absolute Gasteiger partial charge is 0.166 e. The van der Waals surface area contributed by atoms with Gasteiger partial charge in [-0.2, -0.15) is 0 Å². The molecule has 2 heteroatoms. The van der Waals surface area contributed by atoms with E-state index >= 15 is 0 Å². The minimum atomic E-state index is 0.424. The van der Waals surface area contributed by atoms with E-state index in [4.69, 9.17) is 0 Å². The van der Waals surface area contributed by atoms with Crippen molar-refractivity contribution >= 4 is 18.4 Å². The van der Waals surface area contributed by atoms with Gasteiger partial charge in [-0.3, -0.25) is 4.79 Å². The van der Waals surface area contributed by atoms with Crippen molar-refractivity contribution in [2.45, 2.75) is 6.92 Å². The zero-order valence-corrected chi connectivity index (χ0v) is 7.45. The van der Waals surface area contributed by atoms with Crippen LogP contribution in [0.5, 0.6) is 0 Å². The molecule has 0 bridgehead atoms. The van der Waals surface area contributed by atoms with Gasteiger partial charge in [0.15, 0.2) is 6.29 Å².